The van der Waals surface area contributed by atoms with E-state index in [0.29, 0.717) is 25.3 Å². The number of carbonyl (C=O) groups excluding carboxylic acids is 2. The molecule has 2 heterocycles. The van der Waals surface area contributed by atoms with Crippen LogP contribution in [0.1, 0.15) is 18.4 Å². The molecular formula is C17H23N5O3. The van der Waals surface area contributed by atoms with E-state index in [4.69, 9.17) is 10.6 Å². The van der Waals surface area contributed by atoms with Gasteiger partial charge in [0.1, 0.15) is 12.6 Å². The van der Waals surface area contributed by atoms with E-state index in [1.165, 1.54) is 7.11 Å². The Morgan fingerprint density at radius 1 is 1.32 bits per heavy atom. The van der Waals surface area contributed by atoms with E-state index >= 15 is 0 Å². The zero-order chi connectivity index (χ0) is 18.2. The first-order valence-electron chi connectivity index (χ1n) is 8.18. The highest BCUT2D eigenvalue weighted by atomic mass is 16.6. The van der Waals surface area contributed by atoms with Crippen LogP contribution in [0.3, 0.4) is 0 Å². The number of amides is 3. The molecule has 0 spiro atoms. The molecule has 1 aromatic carbocycles. The van der Waals surface area contributed by atoms with E-state index in [1.54, 1.807) is 9.80 Å². The van der Waals surface area contributed by atoms with Crippen LogP contribution in [-0.4, -0.2) is 67.4 Å². The third kappa shape index (κ3) is 2.67. The number of urea groups is 1. The van der Waals surface area contributed by atoms with E-state index in [9.17, 15) is 9.59 Å². The molecule has 2 aliphatic rings. The van der Waals surface area contributed by atoms with Crippen LogP contribution in [0.5, 0.6) is 0 Å². The first kappa shape index (κ1) is 17.1. The molecule has 3 rings (SSSR count). The average molecular weight is 345 g/mol. The van der Waals surface area contributed by atoms with Crippen LogP contribution < -0.4 is 10.6 Å². The number of hydrogen-bond acceptors (Lipinski definition) is 4. The predicted octanol–water partition coefficient (Wildman–Crippen LogP) is 0.816. The lowest BCUT2D eigenvalue weighted by Crippen LogP contribution is -2.52. The van der Waals surface area contributed by atoms with Crippen molar-refractivity contribution in [2.75, 3.05) is 39.2 Å². The summed E-state index contributed by atoms with van der Waals surface area (Å²) in [4.78, 5) is 34.7. The van der Waals surface area contributed by atoms with Gasteiger partial charge in [-0.1, -0.05) is 5.16 Å². The van der Waals surface area contributed by atoms with Gasteiger partial charge in [0.15, 0.2) is 5.84 Å². The Kier molecular flexibility index (Phi) is 4.28. The van der Waals surface area contributed by atoms with Gasteiger partial charge in [0.05, 0.1) is 6.54 Å². The van der Waals surface area contributed by atoms with Gasteiger partial charge in [-0.15, -0.1) is 0 Å². The molecule has 25 heavy (non-hydrogen) atoms. The molecule has 1 aromatic rings. The molecule has 2 N–H and O–H groups in total. The van der Waals surface area contributed by atoms with E-state index in [1.807, 2.05) is 43.3 Å². The first-order chi connectivity index (χ1) is 11.9. The van der Waals surface area contributed by atoms with Crippen molar-refractivity contribution in [2.24, 2.45) is 10.9 Å². The van der Waals surface area contributed by atoms with E-state index in [2.05, 4.69) is 5.16 Å². The quantitative estimate of drug-likeness (QED) is 0.497. The molecule has 0 unspecified atom stereocenters. The molecule has 0 aromatic heterocycles. The first-order valence-corrected chi connectivity index (χ1v) is 8.18. The molecule has 2 saturated heterocycles. The zero-order valence-corrected chi connectivity index (χ0v) is 14.7. The number of carbonyl (C=O) groups is 2. The molecular weight excluding hydrogens is 322 g/mol. The van der Waals surface area contributed by atoms with Crippen molar-refractivity contribution in [1.29, 1.82) is 0 Å². The van der Waals surface area contributed by atoms with Gasteiger partial charge in [0.25, 0.3) is 0 Å². The number of nitrogens with zero attached hydrogens (tertiary/aromatic N) is 4. The molecule has 0 radical (unpaired) electrons. The lowest BCUT2D eigenvalue weighted by molar-refractivity contribution is -0.125. The summed E-state index contributed by atoms with van der Waals surface area (Å²) in [5, 5.41) is 4.01. The van der Waals surface area contributed by atoms with Crippen molar-refractivity contribution >= 4 is 23.5 Å². The number of fused-ring (bicyclic) bond motifs is 1. The fourth-order valence-corrected chi connectivity index (χ4v) is 3.60. The maximum absolute atomic E-state index is 12.7. The van der Waals surface area contributed by atoms with Crippen LogP contribution in [0.4, 0.5) is 10.5 Å². The SMILES string of the molecule is CON=C(c1ccc(N2C[C@@]3(C(N)=O)CCCN3C2=O)cc1)N(C)C. The predicted molar refractivity (Wildman–Crippen MR) is 94.3 cm³/mol. The third-order valence-electron chi connectivity index (χ3n) is 4.87. The van der Waals surface area contributed by atoms with Gasteiger partial charge in [-0.3, -0.25) is 9.69 Å². The summed E-state index contributed by atoms with van der Waals surface area (Å²) in [7, 11) is 5.25. The molecule has 0 saturated carbocycles. The lowest BCUT2D eigenvalue weighted by Gasteiger charge is -2.25. The molecule has 0 bridgehead atoms. The van der Waals surface area contributed by atoms with E-state index < -0.39 is 11.4 Å². The third-order valence-corrected chi connectivity index (χ3v) is 4.87. The number of amidine groups is 1. The number of anilines is 1. The Bertz CT molecular complexity index is 715. The molecule has 2 aliphatic heterocycles. The van der Waals surface area contributed by atoms with Gasteiger partial charge < -0.3 is 20.4 Å². The summed E-state index contributed by atoms with van der Waals surface area (Å²) < 4.78 is 0. The number of nitrogens with two attached hydrogens (primary N) is 1. The van der Waals surface area contributed by atoms with Crippen molar-refractivity contribution in [1.82, 2.24) is 9.80 Å². The molecule has 134 valence electrons. The van der Waals surface area contributed by atoms with Crippen LogP contribution in [0.2, 0.25) is 0 Å². The minimum Gasteiger partial charge on any atom is -0.397 e. The van der Waals surface area contributed by atoms with Gasteiger partial charge in [-0.25, -0.2) is 4.79 Å². The summed E-state index contributed by atoms with van der Waals surface area (Å²) in [6.45, 7) is 0.870. The topological polar surface area (TPSA) is 91.5 Å². The normalized spacial score (nSPS) is 23.0. The fourth-order valence-electron chi connectivity index (χ4n) is 3.60. The summed E-state index contributed by atoms with van der Waals surface area (Å²) >= 11 is 0. The Hall–Kier alpha value is -2.77. The summed E-state index contributed by atoms with van der Waals surface area (Å²) in [5.41, 5.74) is 6.34. The van der Waals surface area contributed by atoms with Crippen molar-refractivity contribution in [3.8, 4) is 0 Å². The monoisotopic (exact) mass is 345 g/mol. The standard InChI is InChI=1S/C17H23N5O3/c1-20(2)14(19-25-3)12-5-7-13(8-6-12)21-11-17(15(18)23)9-4-10-22(17)16(21)24/h5-8H,4,9-11H2,1-3H3,(H2,18,23)/t17-/m1/s1. The minimum absolute atomic E-state index is 0.164. The number of primary amides is 1. The maximum Gasteiger partial charge on any atom is 0.325 e. The smallest absolute Gasteiger partial charge is 0.325 e. The van der Waals surface area contributed by atoms with Crippen LogP contribution >= 0.6 is 0 Å². The second-order valence-electron chi connectivity index (χ2n) is 6.56. The van der Waals surface area contributed by atoms with E-state index in [0.717, 1.165) is 17.7 Å². The second kappa shape index (κ2) is 6.27. The minimum atomic E-state index is -0.873. The number of benzene rings is 1. The van der Waals surface area contributed by atoms with Crippen LogP contribution in [-0.2, 0) is 9.63 Å². The van der Waals surface area contributed by atoms with Gasteiger partial charge in [0.2, 0.25) is 5.91 Å². The van der Waals surface area contributed by atoms with Gasteiger partial charge in [0, 0.05) is 31.9 Å². The lowest BCUT2D eigenvalue weighted by atomic mass is 9.96. The molecule has 2 fully saturated rings. The zero-order valence-electron chi connectivity index (χ0n) is 14.7. The number of oxime groups is 1. The van der Waals surface area contributed by atoms with Crippen molar-refractivity contribution in [3.63, 3.8) is 0 Å². The van der Waals surface area contributed by atoms with Crippen LogP contribution in [0.15, 0.2) is 29.4 Å². The Morgan fingerprint density at radius 3 is 2.52 bits per heavy atom. The number of hydrogen-bond donors (Lipinski definition) is 1. The highest BCUT2D eigenvalue weighted by molar-refractivity contribution is 6.03. The summed E-state index contributed by atoms with van der Waals surface area (Å²) in [6.07, 6.45) is 1.43. The molecule has 1 atom stereocenters. The fraction of sp³-hybridized carbons (Fsp3) is 0.471. The largest absolute Gasteiger partial charge is 0.397 e. The summed E-state index contributed by atoms with van der Waals surface area (Å²) in [6, 6.07) is 7.28. The average Bonchev–Trinajstić information content (AvgIpc) is 3.12. The Balaban J connectivity index is 1.88. The van der Waals surface area contributed by atoms with Gasteiger partial charge in [-0.2, -0.15) is 0 Å². The van der Waals surface area contributed by atoms with Gasteiger partial charge in [-0.05, 0) is 37.1 Å². The van der Waals surface area contributed by atoms with Crippen molar-refractivity contribution < 1.29 is 14.4 Å². The van der Waals surface area contributed by atoms with Gasteiger partial charge >= 0.3 is 6.03 Å². The van der Waals surface area contributed by atoms with E-state index in [-0.39, 0.29) is 6.03 Å². The molecule has 8 heteroatoms. The number of rotatable bonds is 4. The Morgan fingerprint density at radius 2 is 2.00 bits per heavy atom. The van der Waals surface area contributed by atoms with Crippen LogP contribution in [0, 0.1) is 0 Å². The van der Waals surface area contributed by atoms with Crippen molar-refractivity contribution in [3.05, 3.63) is 29.8 Å². The highest BCUT2D eigenvalue weighted by Crippen LogP contribution is 2.38. The van der Waals surface area contributed by atoms with Crippen LogP contribution in [0.25, 0.3) is 0 Å². The molecule has 8 nitrogen and oxygen atoms in total. The Labute approximate surface area is 146 Å². The second-order valence-corrected chi connectivity index (χ2v) is 6.56. The maximum atomic E-state index is 12.7. The van der Waals surface area contributed by atoms with Crippen molar-refractivity contribution in [2.45, 2.75) is 18.4 Å². The molecule has 0 aliphatic carbocycles. The summed E-state index contributed by atoms with van der Waals surface area (Å²) in [5.74, 6) is 0.246. The highest BCUT2D eigenvalue weighted by Gasteiger charge is 2.56. The molecule has 3 amide bonds.